The summed E-state index contributed by atoms with van der Waals surface area (Å²) in [6.07, 6.45) is -5.00. The van der Waals surface area contributed by atoms with E-state index in [9.17, 15) is 22.8 Å². The number of alkyl halides is 3. The second-order valence-electron chi connectivity index (χ2n) is 7.42. The zero-order valence-electron chi connectivity index (χ0n) is 17.5. The molecule has 4 aromatic rings. The van der Waals surface area contributed by atoms with Gasteiger partial charge in [0.1, 0.15) is 17.1 Å². The first kappa shape index (κ1) is 22.1. The Morgan fingerprint density at radius 2 is 1.61 bits per heavy atom. The van der Waals surface area contributed by atoms with Crippen LogP contribution in [0.1, 0.15) is 27.2 Å². The van der Waals surface area contributed by atoms with Crippen LogP contribution in [-0.2, 0) is 6.18 Å². The molecule has 0 spiro atoms. The molecule has 5 nitrogen and oxygen atoms in total. The van der Waals surface area contributed by atoms with Crippen LogP contribution in [-0.4, -0.2) is 5.97 Å². The molecule has 0 bridgehead atoms. The van der Waals surface area contributed by atoms with Crippen molar-refractivity contribution in [3.05, 3.63) is 99.4 Å². The molecule has 0 N–H and O–H groups in total. The molecular formula is C25H17F3O5. The van der Waals surface area contributed by atoms with Gasteiger partial charge in [-0.3, -0.25) is 4.79 Å². The number of benzene rings is 3. The number of fused-ring (bicyclic) bond motifs is 1. The Morgan fingerprint density at radius 3 is 2.27 bits per heavy atom. The smallest absolute Gasteiger partial charge is 0.449 e. The zero-order valence-corrected chi connectivity index (χ0v) is 17.5. The van der Waals surface area contributed by atoms with Crippen LogP contribution in [0.4, 0.5) is 13.2 Å². The maximum Gasteiger partial charge on any atom is 0.453 e. The fourth-order valence-corrected chi connectivity index (χ4v) is 3.15. The van der Waals surface area contributed by atoms with Crippen LogP contribution < -0.4 is 14.9 Å². The Hall–Kier alpha value is -4.07. The first-order valence-electron chi connectivity index (χ1n) is 9.83. The predicted octanol–water partition coefficient (Wildman–Crippen LogP) is 6.44. The molecule has 33 heavy (non-hydrogen) atoms. The highest BCUT2D eigenvalue weighted by atomic mass is 19.4. The van der Waals surface area contributed by atoms with Crippen molar-refractivity contribution in [1.82, 2.24) is 0 Å². The highest BCUT2D eigenvalue weighted by molar-refractivity contribution is 5.91. The molecule has 0 aliphatic heterocycles. The van der Waals surface area contributed by atoms with E-state index in [1.807, 2.05) is 6.92 Å². The number of hydrogen-bond acceptors (Lipinski definition) is 5. The number of ether oxygens (including phenoxy) is 2. The van der Waals surface area contributed by atoms with Crippen LogP contribution in [0, 0.1) is 13.8 Å². The Bertz CT molecular complexity index is 1400. The summed E-state index contributed by atoms with van der Waals surface area (Å²) in [6.45, 7) is 3.59. The Kier molecular flexibility index (Phi) is 5.68. The number of carbonyl (C=O) groups is 1. The highest BCUT2D eigenvalue weighted by Crippen LogP contribution is 2.38. The molecule has 0 amide bonds. The second-order valence-corrected chi connectivity index (χ2v) is 7.42. The van der Waals surface area contributed by atoms with Crippen molar-refractivity contribution in [2.45, 2.75) is 20.0 Å². The van der Waals surface area contributed by atoms with Gasteiger partial charge in [0.05, 0.1) is 10.9 Å². The quantitative estimate of drug-likeness (QED) is 0.262. The van der Waals surface area contributed by atoms with Crippen LogP contribution >= 0.6 is 0 Å². The van der Waals surface area contributed by atoms with Crippen LogP contribution in [0.2, 0.25) is 0 Å². The zero-order chi connectivity index (χ0) is 23.8. The molecule has 0 radical (unpaired) electrons. The van der Waals surface area contributed by atoms with Gasteiger partial charge in [0.2, 0.25) is 11.2 Å². The summed E-state index contributed by atoms with van der Waals surface area (Å²) in [7, 11) is 0. The lowest BCUT2D eigenvalue weighted by atomic mass is 10.1. The molecule has 168 valence electrons. The number of esters is 1. The van der Waals surface area contributed by atoms with E-state index in [0.29, 0.717) is 0 Å². The number of aryl methyl sites for hydroxylation is 2. The molecule has 0 aliphatic rings. The van der Waals surface area contributed by atoms with Gasteiger partial charge < -0.3 is 13.9 Å². The Balaban J connectivity index is 1.75. The van der Waals surface area contributed by atoms with Crippen LogP contribution in [0.5, 0.6) is 17.2 Å². The first-order valence-corrected chi connectivity index (χ1v) is 9.83. The Morgan fingerprint density at radius 1 is 0.879 bits per heavy atom. The average molecular weight is 454 g/mol. The lowest BCUT2D eigenvalue weighted by Crippen LogP contribution is -2.15. The van der Waals surface area contributed by atoms with Crippen molar-refractivity contribution in [2.75, 3.05) is 0 Å². The van der Waals surface area contributed by atoms with Crippen LogP contribution in [0.3, 0.4) is 0 Å². The van der Waals surface area contributed by atoms with E-state index < -0.39 is 34.7 Å². The number of hydrogen-bond donors (Lipinski definition) is 0. The summed E-state index contributed by atoms with van der Waals surface area (Å²) in [6, 6.07) is 16.4. The first-order chi connectivity index (χ1) is 15.6. The van der Waals surface area contributed by atoms with Gasteiger partial charge >= 0.3 is 12.1 Å². The molecule has 4 rings (SSSR count). The molecule has 8 heteroatoms. The summed E-state index contributed by atoms with van der Waals surface area (Å²) in [5.74, 6) is -3.26. The van der Waals surface area contributed by atoms with Gasteiger partial charge in [-0.25, -0.2) is 4.79 Å². The van der Waals surface area contributed by atoms with Crippen molar-refractivity contribution >= 4 is 16.9 Å². The van der Waals surface area contributed by atoms with E-state index in [1.54, 1.807) is 43.3 Å². The van der Waals surface area contributed by atoms with Crippen LogP contribution in [0.15, 0.2) is 75.9 Å². The van der Waals surface area contributed by atoms with Gasteiger partial charge in [-0.05, 0) is 55.8 Å². The van der Waals surface area contributed by atoms with Crippen molar-refractivity contribution in [1.29, 1.82) is 0 Å². The lowest BCUT2D eigenvalue weighted by molar-refractivity contribution is -0.154. The lowest BCUT2D eigenvalue weighted by Gasteiger charge is -2.14. The number of carbonyl (C=O) groups excluding carboxylic acids is 1. The maximum atomic E-state index is 13.7. The maximum absolute atomic E-state index is 13.7. The minimum atomic E-state index is -5.00. The Labute approximate surface area is 186 Å². The van der Waals surface area contributed by atoms with Crippen molar-refractivity contribution in [2.24, 2.45) is 0 Å². The van der Waals surface area contributed by atoms with Gasteiger partial charge in [0.25, 0.3) is 5.76 Å². The third kappa shape index (κ3) is 4.74. The average Bonchev–Trinajstić information content (AvgIpc) is 2.75. The van der Waals surface area contributed by atoms with E-state index >= 15 is 0 Å². The largest absolute Gasteiger partial charge is 0.453 e. The van der Waals surface area contributed by atoms with Crippen molar-refractivity contribution < 1.29 is 31.9 Å². The minimum absolute atomic E-state index is 0.0656. The normalized spacial score (nSPS) is 11.4. The SMILES string of the molecule is Cc1ccc(C(=O)Oc2ccc3c(=O)c(Oc4cccc(C)c4)c(C(F)(F)F)oc3c2)cc1. The fraction of sp³-hybridized carbons (Fsp3) is 0.120. The highest BCUT2D eigenvalue weighted by Gasteiger charge is 2.40. The molecule has 0 atom stereocenters. The third-order valence-electron chi connectivity index (χ3n) is 4.79. The summed E-state index contributed by atoms with van der Waals surface area (Å²) in [5, 5.41) is -0.152. The standard InChI is InChI=1S/C25H17F3O5/c1-14-6-8-16(9-7-14)24(30)32-18-10-11-19-20(13-18)33-23(25(26,27)28)22(21(19)29)31-17-5-3-4-15(2)12-17/h3-13H,1-2H3. The van der Waals surface area contributed by atoms with E-state index in [0.717, 1.165) is 17.2 Å². The molecule has 1 aromatic heterocycles. The van der Waals surface area contributed by atoms with Gasteiger partial charge in [0.15, 0.2) is 0 Å². The summed E-state index contributed by atoms with van der Waals surface area (Å²) >= 11 is 0. The molecule has 0 aliphatic carbocycles. The monoisotopic (exact) mass is 454 g/mol. The van der Waals surface area contributed by atoms with Gasteiger partial charge in [0, 0.05) is 6.07 Å². The third-order valence-corrected chi connectivity index (χ3v) is 4.79. The predicted molar refractivity (Wildman–Crippen MR) is 115 cm³/mol. The van der Waals surface area contributed by atoms with Gasteiger partial charge in [-0.15, -0.1) is 0 Å². The topological polar surface area (TPSA) is 65.7 Å². The molecule has 1 heterocycles. The molecule has 0 fully saturated rings. The van der Waals surface area contributed by atoms with Crippen LogP contribution in [0.25, 0.3) is 11.0 Å². The molecule has 0 saturated carbocycles. The van der Waals surface area contributed by atoms with E-state index in [4.69, 9.17) is 13.9 Å². The van der Waals surface area contributed by atoms with Gasteiger partial charge in [-0.1, -0.05) is 29.8 Å². The van der Waals surface area contributed by atoms with E-state index in [1.165, 1.54) is 24.3 Å². The molecule has 3 aromatic carbocycles. The summed E-state index contributed by atoms with van der Waals surface area (Å²) in [4.78, 5) is 25.2. The number of rotatable bonds is 4. The van der Waals surface area contributed by atoms with Crippen molar-refractivity contribution in [3.8, 4) is 17.2 Å². The van der Waals surface area contributed by atoms with Gasteiger partial charge in [-0.2, -0.15) is 13.2 Å². The summed E-state index contributed by atoms with van der Waals surface area (Å²) in [5.41, 5.74) is 0.563. The van der Waals surface area contributed by atoms with E-state index in [-0.39, 0.29) is 22.4 Å². The van der Waals surface area contributed by atoms with Crippen molar-refractivity contribution in [3.63, 3.8) is 0 Å². The second kappa shape index (κ2) is 8.46. The summed E-state index contributed by atoms with van der Waals surface area (Å²) < 4.78 is 56.7. The fourth-order valence-electron chi connectivity index (χ4n) is 3.15. The minimum Gasteiger partial charge on any atom is -0.449 e. The molecular weight excluding hydrogens is 437 g/mol. The molecule has 0 saturated heterocycles. The number of halogens is 3. The molecule has 0 unspecified atom stereocenters. The van der Waals surface area contributed by atoms with E-state index in [2.05, 4.69) is 0 Å².